The number of nitrogens with zero attached hydrogens (tertiary/aromatic N) is 4. The second kappa shape index (κ2) is 9.93. The molecule has 0 unspecified atom stereocenters. The SMILES string of the molecule is COc1cc(C=C2CCCN3C2=NOC[C@@H]3CSc2ccc(F)cc2)ccc1-n1cnc(C)c1. The summed E-state index contributed by atoms with van der Waals surface area (Å²) < 4.78 is 20.9. The number of fused-ring (bicyclic) bond motifs is 1. The van der Waals surface area contributed by atoms with Crippen molar-refractivity contribution in [1.82, 2.24) is 14.5 Å². The highest BCUT2D eigenvalue weighted by Crippen LogP contribution is 2.31. The molecule has 8 heteroatoms. The average Bonchev–Trinajstić information content (AvgIpc) is 3.30. The molecule has 2 aliphatic rings. The third-order valence-corrected chi connectivity index (χ3v) is 7.21. The van der Waals surface area contributed by atoms with E-state index in [9.17, 15) is 4.39 Å². The molecule has 5 rings (SSSR count). The number of aryl methyl sites for hydroxylation is 1. The van der Waals surface area contributed by atoms with Gasteiger partial charge in [0.05, 0.1) is 30.9 Å². The van der Waals surface area contributed by atoms with E-state index >= 15 is 0 Å². The van der Waals surface area contributed by atoms with Gasteiger partial charge in [-0.15, -0.1) is 11.8 Å². The molecule has 3 heterocycles. The number of rotatable bonds is 6. The molecule has 0 N–H and O–H groups in total. The Morgan fingerprint density at radius 2 is 2.09 bits per heavy atom. The van der Waals surface area contributed by atoms with Gasteiger partial charge in [-0.25, -0.2) is 9.37 Å². The summed E-state index contributed by atoms with van der Waals surface area (Å²) in [5.74, 6) is 2.34. The van der Waals surface area contributed by atoms with Gasteiger partial charge in [-0.1, -0.05) is 11.2 Å². The number of oxime groups is 1. The molecule has 2 aliphatic heterocycles. The fourth-order valence-corrected chi connectivity index (χ4v) is 5.32. The highest BCUT2D eigenvalue weighted by Gasteiger charge is 2.32. The number of hydrogen-bond donors (Lipinski definition) is 0. The number of imidazole rings is 1. The van der Waals surface area contributed by atoms with Crippen LogP contribution >= 0.6 is 11.8 Å². The zero-order chi connectivity index (χ0) is 23.5. The standard InChI is InChI=1S/C26H27FN4O2S/c1-18-14-30(17-28-18)24-10-5-19(13-25(24)32-2)12-20-4-3-11-31-22(15-33-29-26(20)31)16-34-23-8-6-21(27)7-9-23/h5-10,12-14,17,22H,3-4,11,15-16H2,1-2H3/t22-/m1/s1. The van der Waals surface area contributed by atoms with Crippen molar-refractivity contribution in [3.8, 4) is 11.4 Å². The van der Waals surface area contributed by atoms with E-state index in [0.717, 1.165) is 64.1 Å². The fourth-order valence-electron chi connectivity index (χ4n) is 4.33. The molecule has 1 saturated heterocycles. The molecule has 6 nitrogen and oxygen atoms in total. The molecular weight excluding hydrogens is 451 g/mol. The summed E-state index contributed by atoms with van der Waals surface area (Å²) in [7, 11) is 1.68. The molecule has 0 spiro atoms. The molecule has 3 aromatic rings. The summed E-state index contributed by atoms with van der Waals surface area (Å²) >= 11 is 1.72. The second-order valence-electron chi connectivity index (χ2n) is 8.45. The number of thioether (sulfide) groups is 1. The third-order valence-electron chi connectivity index (χ3n) is 6.05. The van der Waals surface area contributed by atoms with Crippen LogP contribution in [-0.2, 0) is 4.84 Å². The van der Waals surface area contributed by atoms with Crippen molar-refractivity contribution in [1.29, 1.82) is 0 Å². The Bertz CT molecular complexity index is 1220. The van der Waals surface area contributed by atoms with Crippen molar-refractivity contribution in [2.45, 2.75) is 30.7 Å². The Hall–Kier alpha value is -3.26. The van der Waals surface area contributed by atoms with E-state index in [0.29, 0.717) is 6.61 Å². The van der Waals surface area contributed by atoms with Gasteiger partial charge in [0.1, 0.15) is 18.2 Å². The van der Waals surface area contributed by atoms with Gasteiger partial charge in [-0.3, -0.25) is 0 Å². The second-order valence-corrected chi connectivity index (χ2v) is 9.54. The van der Waals surface area contributed by atoms with Crippen LogP contribution in [0.2, 0.25) is 0 Å². The van der Waals surface area contributed by atoms with E-state index < -0.39 is 0 Å². The molecular formula is C26H27FN4O2S. The molecule has 0 aliphatic carbocycles. The van der Waals surface area contributed by atoms with Gasteiger partial charge in [0.2, 0.25) is 0 Å². The van der Waals surface area contributed by atoms with Crippen LogP contribution in [0.3, 0.4) is 0 Å². The largest absolute Gasteiger partial charge is 0.495 e. The van der Waals surface area contributed by atoms with Crippen molar-refractivity contribution in [3.05, 3.63) is 77.6 Å². The minimum Gasteiger partial charge on any atom is -0.495 e. The normalized spacial score (nSPS) is 18.9. The molecule has 34 heavy (non-hydrogen) atoms. The van der Waals surface area contributed by atoms with Crippen LogP contribution < -0.4 is 4.74 Å². The van der Waals surface area contributed by atoms with E-state index in [1.165, 1.54) is 12.1 Å². The molecule has 0 saturated carbocycles. The predicted molar refractivity (Wildman–Crippen MR) is 133 cm³/mol. The van der Waals surface area contributed by atoms with Crippen molar-refractivity contribution in [3.63, 3.8) is 0 Å². The molecule has 176 valence electrons. The number of piperidine rings is 1. The summed E-state index contributed by atoms with van der Waals surface area (Å²) in [5.41, 5.74) is 4.13. The lowest BCUT2D eigenvalue weighted by Crippen LogP contribution is -2.50. The number of halogens is 1. The zero-order valence-corrected chi connectivity index (χ0v) is 20.1. The van der Waals surface area contributed by atoms with Crippen LogP contribution in [-0.4, -0.2) is 52.3 Å². The number of amidine groups is 1. The first-order valence-corrected chi connectivity index (χ1v) is 12.3. The molecule has 2 aromatic carbocycles. The van der Waals surface area contributed by atoms with Gasteiger partial charge in [0, 0.05) is 23.4 Å². The Morgan fingerprint density at radius 1 is 1.24 bits per heavy atom. The first kappa shape index (κ1) is 22.5. The lowest BCUT2D eigenvalue weighted by Gasteiger charge is -2.40. The third kappa shape index (κ3) is 4.82. The fraction of sp³-hybridized carbons (Fsp3) is 0.308. The number of methoxy groups -OCH3 is 1. The van der Waals surface area contributed by atoms with Crippen molar-refractivity contribution in [2.75, 3.05) is 26.0 Å². The number of hydrogen-bond acceptors (Lipinski definition) is 6. The van der Waals surface area contributed by atoms with E-state index in [4.69, 9.17) is 9.57 Å². The molecule has 1 atom stereocenters. The van der Waals surface area contributed by atoms with Crippen LogP contribution in [0.15, 0.2) is 70.6 Å². The van der Waals surface area contributed by atoms with Crippen LogP contribution in [0.25, 0.3) is 11.8 Å². The number of ether oxygens (including phenoxy) is 1. The van der Waals surface area contributed by atoms with E-state index in [1.54, 1.807) is 25.2 Å². The van der Waals surface area contributed by atoms with Crippen molar-refractivity contribution < 1.29 is 14.0 Å². The average molecular weight is 479 g/mol. The quantitative estimate of drug-likeness (QED) is 0.449. The zero-order valence-electron chi connectivity index (χ0n) is 19.3. The Morgan fingerprint density at radius 3 is 2.85 bits per heavy atom. The van der Waals surface area contributed by atoms with E-state index in [-0.39, 0.29) is 11.9 Å². The van der Waals surface area contributed by atoms with Crippen LogP contribution in [0.5, 0.6) is 5.75 Å². The summed E-state index contributed by atoms with van der Waals surface area (Å²) in [6, 6.07) is 13.0. The maximum Gasteiger partial charge on any atom is 0.171 e. The highest BCUT2D eigenvalue weighted by molar-refractivity contribution is 7.99. The van der Waals surface area contributed by atoms with Crippen LogP contribution in [0.1, 0.15) is 24.1 Å². The van der Waals surface area contributed by atoms with Gasteiger partial charge in [0.15, 0.2) is 5.84 Å². The molecule has 0 bridgehead atoms. The van der Waals surface area contributed by atoms with Gasteiger partial charge in [0.25, 0.3) is 0 Å². The van der Waals surface area contributed by atoms with Gasteiger partial charge in [-0.2, -0.15) is 0 Å². The smallest absolute Gasteiger partial charge is 0.171 e. The van der Waals surface area contributed by atoms with E-state index in [1.807, 2.05) is 42.0 Å². The Kier molecular flexibility index (Phi) is 6.58. The molecule has 0 radical (unpaired) electrons. The summed E-state index contributed by atoms with van der Waals surface area (Å²) in [4.78, 5) is 13.4. The number of benzene rings is 2. The van der Waals surface area contributed by atoms with Crippen LogP contribution in [0, 0.1) is 12.7 Å². The topological polar surface area (TPSA) is 51.9 Å². The van der Waals surface area contributed by atoms with Crippen molar-refractivity contribution in [2.24, 2.45) is 5.16 Å². The molecule has 0 amide bonds. The van der Waals surface area contributed by atoms with Crippen molar-refractivity contribution >= 4 is 23.7 Å². The first-order chi connectivity index (χ1) is 16.6. The van der Waals surface area contributed by atoms with Gasteiger partial charge >= 0.3 is 0 Å². The lowest BCUT2D eigenvalue weighted by molar-refractivity contribution is 0.0665. The molecule has 1 aromatic heterocycles. The number of aromatic nitrogens is 2. The maximum atomic E-state index is 13.2. The highest BCUT2D eigenvalue weighted by atomic mass is 32.2. The van der Waals surface area contributed by atoms with Gasteiger partial charge < -0.3 is 19.0 Å². The summed E-state index contributed by atoms with van der Waals surface area (Å²) in [6.45, 7) is 3.48. The maximum absolute atomic E-state index is 13.2. The monoisotopic (exact) mass is 478 g/mol. The lowest BCUT2D eigenvalue weighted by atomic mass is 9.98. The van der Waals surface area contributed by atoms with E-state index in [2.05, 4.69) is 27.2 Å². The first-order valence-electron chi connectivity index (χ1n) is 11.4. The summed E-state index contributed by atoms with van der Waals surface area (Å²) in [5, 5.41) is 4.43. The Labute approximate surface area is 203 Å². The minimum atomic E-state index is -0.213. The Balaban J connectivity index is 1.34. The van der Waals surface area contributed by atoms with Crippen LogP contribution in [0.4, 0.5) is 4.39 Å². The molecule has 1 fully saturated rings. The van der Waals surface area contributed by atoms with Gasteiger partial charge in [-0.05, 0) is 73.4 Å². The predicted octanol–water partition coefficient (Wildman–Crippen LogP) is 5.31. The summed E-state index contributed by atoms with van der Waals surface area (Å²) in [6.07, 6.45) is 7.96. The minimum absolute atomic E-state index is 0.213.